The number of aryl methyl sites for hydroxylation is 1. The van der Waals surface area contributed by atoms with E-state index >= 15 is 0 Å². The van der Waals surface area contributed by atoms with E-state index in [0.29, 0.717) is 11.4 Å². The molecule has 1 saturated heterocycles. The predicted octanol–water partition coefficient (Wildman–Crippen LogP) is 2.61. The van der Waals surface area contributed by atoms with Crippen LogP contribution in [-0.4, -0.2) is 30.0 Å². The Morgan fingerprint density at radius 3 is 2.65 bits per heavy atom. The molecule has 1 aromatic carbocycles. The van der Waals surface area contributed by atoms with Gasteiger partial charge in [-0.05, 0) is 50.3 Å². The molecule has 4 heteroatoms. The standard InChI is InChI=1S/C16H24N2O2/c1-3-13-7-8-15(14(17)11-13)20-12(2)16(19)18-9-5-4-6-10-18/h7-8,11-12H,3-6,9-10,17H2,1-2H3. The molecule has 1 aromatic rings. The Bertz CT molecular complexity index is 468. The van der Waals surface area contributed by atoms with Gasteiger partial charge in [0.1, 0.15) is 5.75 Å². The van der Waals surface area contributed by atoms with Crippen LogP contribution in [0.15, 0.2) is 18.2 Å². The third-order valence-corrected chi connectivity index (χ3v) is 3.80. The van der Waals surface area contributed by atoms with Crippen LogP contribution in [0.4, 0.5) is 5.69 Å². The quantitative estimate of drug-likeness (QED) is 0.860. The minimum Gasteiger partial charge on any atom is -0.479 e. The van der Waals surface area contributed by atoms with E-state index in [2.05, 4.69) is 6.92 Å². The predicted molar refractivity (Wildman–Crippen MR) is 80.8 cm³/mol. The van der Waals surface area contributed by atoms with Gasteiger partial charge in [0, 0.05) is 13.1 Å². The molecule has 20 heavy (non-hydrogen) atoms. The number of amides is 1. The van der Waals surface area contributed by atoms with Crippen LogP contribution in [-0.2, 0) is 11.2 Å². The van der Waals surface area contributed by atoms with Gasteiger partial charge in [-0.1, -0.05) is 13.0 Å². The molecule has 0 aromatic heterocycles. The van der Waals surface area contributed by atoms with Crippen molar-refractivity contribution in [2.45, 2.75) is 45.6 Å². The fraction of sp³-hybridized carbons (Fsp3) is 0.562. The summed E-state index contributed by atoms with van der Waals surface area (Å²) in [5, 5.41) is 0. The molecule has 0 spiro atoms. The second kappa shape index (κ2) is 6.64. The molecule has 0 bridgehead atoms. The maximum absolute atomic E-state index is 12.3. The molecule has 0 radical (unpaired) electrons. The Kier molecular flexibility index (Phi) is 4.88. The monoisotopic (exact) mass is 276 g/mol. The zero-order chi connectivity index (χ0) is 14.5. The molecule has 1 aliphatic rings. The first-order chi connectivity index (χ1) is 9.61. The van der Waals surface area contributed by atoms with Crippen molar-refractivity contribution in [3.05, 3.63) is 23.8 Å². The summed E-state index contributed by atoms with van der Waals surface area (Å²) in [7, 11) is 0. The average molecular weight is 276 g/mol. The number of carbonyl (C=O) groups excluding carboxylic acids is 1. The van der Waals surface area contributed by atoms with Crippen LogP contribution < -0.4 is 10.5 Å². The van der Waals surface area contributed by atoms with E-state index in [1.54, 1.807) is 6.92 Å². The molecule has 1 atom stereocenters. The summed E-state index contributed by atoms with van der Waals surface area (Å²) >= 11 is 0. The second-order valence-electron chi connectivity index (χ2n) is 5.37. The number of nitrogens with zero attached hydrogens (tertiary/aromatic N) is 1. The highest BCUT2D eigenvalue weighted by atomic mass is 16.5. The summed E-state index contributed by atoms with van der Waals surface area (Å²) in [6.07, 6.45) is 3.84. The van der Waals surface area contributed by atoms with Crippen molar-refractivity contribution in [3.63, 3.8) is 0 Å². The summed E-state index contributed by atoms with van der Waals surface area (Å²) in [5.41, 5.74) is 7.74. The van der Waals surface area contributed by atoms with Crippen LogP contribution in [0, 0.1) is 0 Å². The molecular formula is C16H24N2O2. The van der Waals surface area contributed by atoms with E-state index in [9.17, 15) is 4.79 Å². The molecule has 1 fully saturated rings. The van der Waals surface area contributed by atoms with Gasteiger partial charge >= 0.3 is 0 Å². The van der Waals surface area contributed by atoms with Crippen LogP contribution in [0.2, 0.25) is 0 Å². The molecule has 1 aliphatic heterocycles. The van der Waals surface area contributed by atoms with Gasteiger partial charge in [-0.3, -0.25) is 4.79 Å². The normalized spacial score (nSPS) is 16.8. The molecule has 2 rings (SSSR count). The van der Waals surface area contributed by atoms with E-state index < -0.39 is 6.10 Å². The summed E-state index contributed by atoms with van der Waals surface area (Å²) in [6.45, 7) is 5.56. The first-order valence-electron chi connectivity index (χ1n) is 7.45. The van der Waals surface area contributed by atoms with Gasteiger partial charge < -0.3 is 15.4 Å². The lowest BCUT2D eigenvalue weighted by molar-refractivity contribution is -0.138. The van der Waals surface area contributed by atoms with Crippen LogP contribution in [0.3, 0.4) is 0 Å². The van der Waals surface area contributed by atoms with Gasteiger partial charge in [0.2, 0.25) is 0 Å². The number of carbonyl (C=O) groups is 1. The van der Waals surface area contributed by atoms with E-state index in [-0.39, 0.29) is 5.91 Å². The number of hydrogen-bond donors (Lipinski definition) is 1. The van der Waals surface area contributed by atoms with E-state index in [4.69, 9.17) is 10.5 Å². The Labute approximate surface area is 120 Å². The number of hydrogen-bond acceptors (Lipinski definition) is 3. The number of piperidine rings is 1. The smallest absolute Gasteiger partial charge is 0.263 e. The van der Waals surface area contributed by atoms with Crippen LogP contribution >= 0.6 is 0 Å². The molecule has 1 amide bonds. The molecule has 1 heterocycles. The molecular weight excluding hydrogens is 252 g/mol. The third-order valence-electron chi connectivity index (χ3n) is 3.80. The molecule has 4 nitrogen and oxygen atoms in total. The molecule has 1 unspecified atom stereocenters. The van der Waals surface area contributed by atoms with Crippen LogP contribution in [0.1, 0.15) is 38.7 Å². The van der Waals surface area contributed by atoms with Gasteiger partial charge in [0.05, 0.1) is 5.69 Å². The first kappa shape index (κ1) is 14.7. The SMILES string of the molecule is CCc1ccc(OC(C)C(=O)N2CCCCC2)c(N)c1. The van der Waals surface area contributed by atoms with Crippen molar-refractivity contribution >= 4 is 11.6 Å². The number of rotatable bonds is 4. The summed E-state index contributed by atoms with van der Waals surface area (Å²) < 4.78 is 5.74. The minimum absolute atomic E-state index is 0.0590. The largest absolute Gasteiger partial charge is 0.479 e. The number of nitrogens with two attached hydrogens (primary N) is 1. The van der Waals surface area contributed by atoms with Crippen molar-refractivity contribution in [3.8, 4) is 5.75 Å². The highest BCUT2D eigenvalue weighted by Crippen LogP contribution is 2.24. The summed E-state index contributed by atoms with van der Waals surface area (Å²) in [5.74, 6) is 0.656. The lowest BCUT2D eigenvalue weighted by Crippen LogP contribution is -2.43. The summed E-state index contributed by atoms with van der Waals surface area (Å²) in [6, 6.07) is 5.76. The van der Waals surface area contributed by atoms with E-state index in [1.165, 1.54) is 12.0 Å². The highest BCUT2D eigenvalue weighted by Gasteiger charge is 2.23. The molecule has 0 saturated carbocycles. The first-order valence-corrected chi connectivity index (χ1v) is 7.45. The van der Waals surface area contributed by atoms with Crippen LogP contribution in [0.25, 0.3) is 0 Å². The number of ether oxygens (including phenoxy) is 1. The Morgan fingerprint density at radius 1 is 1.35 bits per heavy atom. The van der Waals surface area contributed by atoms with Crippen molar-refractivity contribution in [2.75, 3.05) is 18.8 Å². The number of anilines is 1. The Morgan fingerprint density at radius 2 is 2.05 bits per heavy atom. The molecule has 2 N–H and O–H groups in total. The van der Waals surface area contributed by atoms with Gasteiger partial charge in [-0.15, -0.1) is 0 Å². The second-order valence-corrected chi connectivity index (χ2v) is 5.37. The highest BCUT2D eigenvalue weighted by molar-refractivity contribution is 5.81. The van der Waals surface area contributed by atoms with E-state index in [1.807, 2.05) is 23.1 Å². The number of nitrogen functional groups attached to an aromatic ring is 1. The average Bonchev–Trinajstić information content (AvgIpc) is 2.49. The number of likely N-dealkylation sites (tertiary alicyclic amines) is 1. The topological polar surface area (TPSA) is 55.6 Å². The minimum atomic E-state index is -0.483. The zero-order valence-corrected chi connectivity index (χ0v) is 12.4. The van der Waals surface area contributed by atoms with Crippen molar-refractivity contribution < 1.29 is 9.53 Å². The van der Waals surface area contributed by atoms with E-state index in [0.717, 1.165) is 32.4 Å². The maximum atomic E-state index is 12.3. The molecule has 0 aliphatic carbocycles. The van der Waals surface area contributed by atoms with Gasteiger partial charge in [0.15, 0.2) is 6.10 Å². The van der Waals surface area contributed by atoms with Gasteiger partial charge in [-0.25, -0.2) is 0 Å². The van der Waals surface area contributed by atoms with Crippen molar-refractivity contribution in [1.82, 2.24) is 4.90 Å². The Hall–Kier alpha value is -1.71. The molecule has 110 valence electrons. The number of benzene rings is 1. The van der Waals surface area contributed by atoms with Crippen molar-refractivity contribution in [2.24, 2.45) is 0 Å². The fourth-order valence-corrected chi connectivity index (χ4v) is 2.54. The maximum Gasteiger partial charge on any atom is 0.263 e. The van der Waals surface area contributed by atoms with Crippen LogP contribution in [0.5, 0.6) is 5.75 Å². The summed E-state index contributed by atoms with van der Waals surface area (Å²) in [4.78, 5) is 14.2. The third kappa shape index (κ3) is 3.44. The van der Waals surface area contributed by atoms with Gasteiger partial charge in [0.25, 0.3) is 5.91 Å². The van der Waals surface area contributed by atoms with Gasteiger partial charge in [-0.2, -0.15) is 0 Å². The lowest BCUT2D eigenvalue weighted by atomic mass is 10.1. The fourth-order valence-electron chi connectivity index (χ4n) is 2.54. The van der Waals surface area contributed by atoms with Crippen molar-refractivity contribution in [1.29, 1.82) is 0 Å². The zero-order valence-electron chi connectivity index (χ0n) is 12.4. The lowest BCUT2D eigenvalue weighted by Gasteiger charge is -2.29. The Balaban J connectivity index is 1.99.